The quantitative estimate of drug-likeness (QED) is 0.451. The van der Waals surface area contributed by atoms with Crippen LogP contribution in [0.4, 0.5) is 4.39 Å². The fourth-order valence-electron chi connectivity index (χ4n) is 1.12. The third-order valence-corrected chi connectivity index (χ3v) is 1.85. The van der Waals surface area contributed by atoms with E-state index in [1.54, 1.807) is 12.1 Å². The summed E-state index contributed by atoms with van der Waals surface area (Å²) < 4.78 is 12.7. The van der Waals surface area contributed by atoms with Crippen LogP contribution in [-0.2, 0) is 0 Å². The third kappa shape index (κ3) is 2.13. The van der Waals surface area contributed by atoms with Gasteiger partial charge in [0.1, 0.15) is 5.82 Å². The smallest absolute Gasteiger partial charge is 0.171 e. The Labute approximate surface area is 73.0 Å². The molecule has 0 aliphatic rings. The molecule has 1 aromatic carbocycles. The molecule has 0 bridgehead atoms. The molecule has 1 rings (SSSR count). The highest BCUT2D eigenvalue weighted by Gasteiger charge is 2.00. The lowest BCUT2D eigenvalue weighted by Gasteiger charge is -2.01. The largest absolute Gasteiger partial charge is 0.207 e. The summed E-state index contributed by atoms with van der Waals surface area (Å²) in [6.45, 7) is 1.96. The molecule has 0 radical (unpaired) electrons. The SMILES string of the molecule is C#CCBc1cc(F)ccc1C. The molecular formula is C10H10BF. The van der Waals surface area contributed by atoms with Crippen molar-refractivity contribution in [1.29, 1.82) is 0 Å². The molecule has 0 aromatic heterocycles. The number of aryl methyl sites for hydroxylation is 1. The van der Waals surface area contributed by atoms with Crippen LogP contribution in [0.3, 0.4) is 0 Å². The highest BCUT2D eigenvalue weighted by atomic mass is 19.1. The van der Waals surface area contributed by atoms with Crippen molar-refractivity contribution in [3.63, 3.8) is 0 Å². The van der Waals surface area contributed by atoms with Crippen molar-refractivity contribution in [2.75, 3.05) is 0 Å². The summed E-state index contributed by atoms with van der Waals surface area (Å²) in [4.78, 5) is 0. The first-order chi connectivity index (χ1) is 5.74. The second-order valence-electron chi connectivity index (χ2n) is 2.77. The summed E-state index contributed by atoms with van der Waals surface area (Å²) >= 11 is 0. The van der Waals surface area contributed by atoms with E-state index in [0.29, 0.717) is 6.32 Å². The molecule has 0 N–H and O–H groups in total. The minimum Gasteiger partial charge on any atom is -0.207 e. The van der Waals surface area contributed by atoms with Crippen LogP contribution in [0.2, 0.25) is 6.32 Å². The zero-order valence-electron chi connectivity index (χ0n) is 7.10. The molecule has 0 nitrogen and oxygen atoms in total. The van der Waals surface area contributed by atoms with E-state index < -0.39 is 0 Å². The Morgan fingerprint density at radius 2 is 2.33 bits per heavy atom. The van der Waals surface area contributed by atoms with Crippen molar-refractivity contribution in [2.24, 2.45) is 0 Å². The van der Waals surface area contributed by atoms with Gasteiger partial charge in [-0.3, -0.25) is 0 Å². The summed E-state index contributed by atoms with van der Waals surface area (Å²) in [6, 6.07) is 4.79. The number of hydrogen-bond acceptors (Lipinski definition) is 0. The molecule has 0 saturated carbocycles. The molecule has 0 atom stereocenters. The average molecular weight is 160 g/mol. The van der Waals surface area contributed by atoms with E-state index in [0.717, 1.165) is 18.3 Å². The van der Waals surface area contributed by atoms with Crippen LogP contribution in [0.1, 0.15) is 5.56 Å². The fourth-order valence-corrected chi connectivity index (χ4v) is 1.12. The van der Waals surface area contributed by atoms with Gasteiger partial charge in [-0.25, -0.2) is 4.39 Å². The van der Waals surface area contributed by atoms with Crippen LogP contribution >= 0.6 is 0 Å². The molecule has 2 heteroatoms. The van der Waals surface area contributed by atoms with E-state index in [1.165, 1.54) is 6.07 Å². The van der Waals surface area contributed by atoms with Crippen LogP contribution in [0.5, 0.6) is 0 Å². The second kappa shape index (κ2) is 3.97. The van der Waals surface area contributed by atoms with Gasteiger partial charge >= 0.3 is 0 Å². The van der Waals surface area contributed by atoms with Crippen LogP contribution < -0.4 is 5.46 Å². The molecule has 60 valence electrons. The average Bonchev–Trinajstić information content (AvgIpc) is 2.07. The van der Waals surface area contributed by atoms with E-state index >= 15 is 0 Å². The topological polar surface area (TPSA) is 0 Å². The summed E-state index contributed by atoms with van der Waals surface area (Å²) in [6.07, 6.45) is 5.79. The number of benzene rings is 1. The van der Waals surface area contributed by atoms with Gasteiger partial charge in [-0.1, -0.05) is 17.1 Å². The first-order valence-electron chi connectivity index (χ1n) is 3.92. The molecule has 0 aliphatic heterocycles. The van der Waals surface area contributed by atoms with E-state index in [-0.39, 0.29) is 5.82 Å². The summed E-state index contributed by atoms with van der Waals surface area (Å²) in [5, 5.41) is 0. The number of hydrogen-bond donors (Lipinski definition) is 0. The summed E-state index contributed by atoms with van der Waals surface area (Å²) in [5.74, 6) is 2.35. The van der Waals surface area contributed by atoms with Crippen LogP contribution in [-0.4, -0.2) is 7.28 Å². The predicted molar refractivity (Wildman–Crippen MR) is 51.6 cm³/mol. The Morgan fingerprint density at radius 3 is 3.00 bits per heavy atom. The fraction of sp³-hybridized carbons (Fsp3) is 0.200. The summed E-state index contributed by atoms with van der Waals surface area (Å²) in [7, 11) is 0.764. The first-order valence-corrected chi connectivity index (χ1v) is 3.92. The van der Waals surface area contributed by atoms with E-state index in [9.17, 15) is 4.39 Å². The van der Waals surface area contributed by atoms with Crippen LogP contribution in [0.15, 0.2) is 18.2 Å². The van der Waals surface area contributed by atoms with Crippen LogP contribution in [0, 0.1) is 25.1 Å². The van der Waals surface area contributed by atoms with E-state index in [1.807, 2.05) is 6.92 Å². The van der Waals surface area contributed by atoms with Gasteiger partial charge in [-0.05, 0) is 25.4 Å². The first kappa shape index (κ1) is 8.87. The lowest BCUT2D eigenvalue weighted by molar-refractivity contribution is 0.628. The zero-order chi connectivity index (χ0) is 8.97. The van der Waals surface area contributed by atoms with Crippen molar-refractivity contribution in [1.82, 2.24) is 0 Å². The second-order valence-corrected chi connectivity index (χ2v) is 2.77. The maximum Gasteiger partial charge on any atom is 0.171 e. The van der Waals surface area contributed by atoms with Gasteiger partial charge in [-0.15, -0.1) is 12.3 Å². The molecule has 0 saturated heterocycles. The molecule has 0 fully saturated rings. The maximum absolute atomic E-state index is 12.7. The monoisotopic (exact) mass is 160 g/mol. The molecule has 12 heavy (non-hydrogen) atoms. The molecule has 0 aliphatic carbocycles. The van der Waals surface area contributed by atoms with Crippen molar-refractivity contribution < 1.29 is 4.39 Å². The van der Waals surface area contributed by atoms with Crippen LogP contribution in [0.25, 0.3) is 0 Å². The number of rotatable bonds is 2. The van der Waals surface area contributed by atoms with Crippen molar-refractivity contribution in [3.8, 4) is 12.3 Å². The van der Waals surface area contributed by atoms with Gasteiger partial charge in [0.25, 0.3) is 0 Å². The Hall–Kier alpha value is -1.23. The van der Waals surface area contributed by atoms with Crippen molar-refractivity contribution >= 4 is 12.7 Å². The zero-order valence-corrected chi connectivity index (χ0v) is 7.10. The molecule has 1 aromatic rings. The Morgan fingerprint density at radius 1 is 1.58 bits per heavy atom. The number of terminal acetylenes is 1. The third-order valence-electron chi connectivity index (χ3n) is 1.85. The lowest BCUT2D eigenvalue weighted by Crippen LogP contribution is -2.17. The number of halogens is 1. The van der Waals surface area contributed by atoms with Crippen molar-refractivity contribution in [2.45, 2.75) is 13.2 Å². The van der Waals surface area contributed by atoms with Crippen molar-refractivity contribution in [3.05, 3.63) is 29.6 Å². The van der Waals surface area contributed by atoms with Gasteiger partial charge in [-0.2, -0.15) is 0 Å². The normalized spacial score (nSPS) is 9.08. The Balaban J connectivity index is 2.84. The molecular weight excluding hydrogens is 150 g/mol. The summed E-state index contributed by atoms with van der Waals surface area (Å²) in [5.41, 5.74) is 2.11. The predicted octanol–water partition coefficient (Wildman–Crippen LogP) is 1.25. The highest BCUT2D eigenvalue weighted by molar-refractivity contribution is 6.54. The van der Waals surface area contributed by atoms with Gasteiger partial charge in [0.15, 0.2) is 7.28 Å². The van der Waals surface area contributed by atoms with Gasteiger partial charge in [0.2, 0.25) is 0 Å². The maximum atomic E-state index is 12.7. The molecule has 0 amide bonds. The van der Waals surface area contributed by atoms with Gasteiger partial charge in [0.05, 0.1) is 0 Å². The minimum atomic E-state index is -0.187. The standard InChI is InChI=1S/C10H10BF/c1-3-6-11-10-7-9(12)5-4-8(10)2/h1,4-5,7,11H,6H2,2H3. The van der Waals surface area contributed by atoms with Gasteiger partial charge in [0, 0.05) is 0 Å². The minimum absolute atomic E-state index is 0.187. The lowest BCUT2D eigenvalue weighted by atomic mass is 9.66. The highest BCUT2D eigenvalue weighted by Crippen LogP contribution is 1.98. The molecule has 0 heterocycles. The van der Waals surface area contributed by atoms with E-state index in [4.69, 9.17) is 6.42 Å². The van der Waals surface area contributed by atoms with E-state index in [2.05, 4.69) is 5.92 Å². The molecule has 0 unspecified atom stereocenters. The Kier molecular flexibility index (Phi) is 2.93. The molecule has 0 spiro atoms. The van der Waals surface area contributed by atoms with Gasteiger partial charge < -0.3 is 0 Å². The Bertz CT molecular complexity index is 312.